The van der Waals surface area contributed by atoms with Crippen LogP contribution in [0.3, 0.4) is 0 Å². The lowest BCUT2D eigenvalue weighted by atomic mass is 10.1. The third-order valence-electron chi connectivity index (χ3n) is 3.33. The number of hydrogen-bond acceptors (Lipinski definition) is 6. The van der Waals surface area contributed by atoms with Gasteiger partial charge in [0.05, 0.1) is 0 Å². The van der Waals surface area contributed by atoms with Gasteiger partial charge < -0.3 is 15.5 Å². The van der Waals surface area contributed by atoms with E-state index in [2.05, 4.69) is 21.8 Å². The fourth-order valence-corrected chi connectivity index (χ4v) is 3.17. The lowest BCUT2D eigenvalue weighted by Crippen LogP contribution is -2.30. The highest BCUT2D eigenvalue weighted by atomic mass is 32.2. The zero-order chi connectivity index (χ0) is 12.1. The van der Waals surface area contributed by atoms with Gasteiger partial charge in [-0.3, -0.25) is 0 Å². The molecule has 1 aliphatic rings. The van der Waals surface area contributed by atoms with Gasteiger partial charge in [0.1, 0.15) is 0 Å². The van der Waals surface area contributed by atoms with Crippen LogP contribution >= 0.6 is 11.8 Å². The summed E-state index contributed by atoms with van der Waals surface area (Å²) in [5.74, 6) is 0.611. The Morgan fingerprint density at radius 3 is 2.82 bits per heavy atom. The number of anilines is 1. The summed E-state index contributed by atoms with van der Waals surface area (Å²) < 4.78 is 5.80. The first-order valence-electron chi connectivity index (χ1n) is 6.09. The number of rotatable bonds is 6. The summed E-state index contributed by atoms with van der Waals surface area (Å²) in [5, 5.41) is 11.2. The Balaban J connectivity index is 1.87. The van der Waals surface area contributed by atoms with Gasteiger partial charge in [0.2, 0.25) is 5.89 Å². The van der Waals surface area contributed by atoms with E-state index in [-0.39, 0.29) is 0 Å². The summed E-state index contributed by atoms with van der Waals surface area (Å²) in [4.78, 5) is 0. The minimum Gasteiger partial charge on any atom is -0.408 e. The van der Waals surface area contributed by atoms with E-state index in [0.29, 0.717) is 29.6 Å². The standard InChI is InChI=1S/C11H20N4OS/c1-17-11(5-2-3-6-11)8-13-10-15-14-9(16-10)4-7-12/h2-8,12H2,1H3,(H,13,15). The van der Waals surface area contributed by atoms with Crippen molar-refractivity contribution in [3.05, 3.63) is 5.89 Å². The maximum atomic E-state index is 5.45. The summed E-state index contributed by atoms with van der Waals surface area (Å²) in [7, 11) is 0. The Kier molecular flexibility index (Phi) is 4.28. The zero-order valence-electron chi connectivity index (χ0n) is 10.2. The highest BCUT2D eigenvalue weighted by Crippen LogP contribution is 2.40. The molecule has 0 aliphatic heterocycles. The summed E-state index contributed by atoms with van der Waals surface area (Å²) in [6, 6.07) is 0.522. The van der Waals surface area contributed by atoms with E-state index in [1.54, 1.807) is 0 Å². The van der Waals surface area contributed by atoms with Crippen LogP contribution in [0.25, 0.3) is 0 Å². The summed E-state index contributed by atoms with van der Waals surface area (Å²) >= 11 is 1.94. The van der Waals surface area contributed by atoms with Gasteiger partial charge in [0, 0.05) is 24.3 Å². The molecule has 0 amide bonds. The Hall–Kier alpha value is -0.750. The molecule has 3 N–H and O–H groups in total. The Morgan fingerprint density at radius 1 is 1.41 bits per heavy atom. The second-order valence-corrected chi connectivity index (χ2v) is 5.76. The molecule has 1 aromatic heterocycles. The van der Waals surface area contributed by atoms with Crippen molar-refractivity contribution in [3.8, 4) is 0 Å². The minimum atomic E-state index is 0.350. The van der Waals surface area contributed by atoms with E-state index in [9.17, 15) is 0 Å². The monoisotopic (exact) mass is 256 g/mol. The van der Waals surface area contributed by atoms with E-state index in [4.69, 9.17) is 10.2 Å². The molecule has 0 radical (unpaired) electrons. The Labute approximate surface area is 106 Å². The van der Waals surface area contributed by atoms with E-state index >= 15 is 0 Å². The van der Waals surface area contributed by atoms with Crippen LogP contribution in [-0.2, 0) is 6.42 Å². The van der Waals surface area contributed by atoms with E-state index in [0.717, 1.165) is 6.54 Å². The van der Waals surface area contributed by atoms with Crippen molar-refractivity contribution in [2.75, 3.05) is 24.7 Å². The van der Waals surface area contributed by atoms with Crippen molar-refractivity contribution in [1.29, 1.82) is 0 Å². The first-order chi connectivity index (χ1) is 8.28. The highest BCUT2D eigenvalue weighted by Gasteiger charge is 2.33. The second-order valence-electron chi connectivity index (χ2n) is 4.49. The van der Waals surface area contributed by atoms with Crippen LogP contribution in [-0.4, -0.2) is 34.3 Å². The Bertz CT molecular complexity index is 349. The third kappa shape index (κ3) is 3.13. The predicted octanol–water partition coefficient (Wildman–Crippen LogP) is 1.66. The average Bonchev–Trinajstić information content (AvgIpc) is 2.96. The largest absolute Gasteiger partial charge is 0.408 e. The summed E-state index contributed by atoms with van der Waals surface area (Å²) in [5.41, 5.74) is 5.43. The summed E-state index contributed by atoms with van der Waals surface area (Å²) in [6.45, 7) is 1.44. The van der Waals surface area contributed by atoms with Crippen LogP contribution in [0.1, 0.15) is 31.6 Å². The number of hydrogen-bond donors (Lipinski definition) is 2. The third-order valence-corrected chi connectivity index (χ3v) is 4.75. The van der Waals surface area contributed by atoms with Gasteiger partial charge >= 0.3 is 6.01 Å². The maximum Gasteiger partial charge on any atom is 0.315 e. The van der Waals surface area contributed by atoms with Gasteiger partial charge in [-0.15, -0.1) is 5.10 Å². The second kappa shape index (κ2) is 5.73. The Morgan fingerprint density at radius 2 is 2.18 bits per heavy atom. The van der Waals surface area contributed by atoms with E-state index in [1.165, 1.54) is 25.7 Å². The van der Waals surface area contributed by atoms with Gasteiger partial charge in [0.25, 0.3) is 0 Å². The van der Waals surface area contributed by atoms with Crippen LogP contribution < -0.4 is 11.1 Å². The lowest BCUT2D eigenvalue weighted by Gasteiger charge is -2.26. The first-order valence-corrected chi connectivity index (χ1v) is 7.32. The molecule has 96 valence electrons. The van der Waals surface area contributed by atoms with Gasteiger partial charge in [-0.25, -0.2) is 0 Å². The molecule has 0 unspecified atom stereocenters. The number of nitrogens with two attached hydrogens (primary N) is 1. The molecule has 0 spiro atoms. The van der Waals surface area contributed by atoms with E-state index < -0.39 is 0 Å². The van der Waals surface area contributed by atoms with Crippen LogP contribution in [0.15, 0.2) is 4.42 Å². The first kappa shape index (κ1) is 12.7. The molecule has 1 aliphatic carbocycles. The molecule has 6 heteroatoms. The molecule has 0 bridgehead atoms. The summed E-state index contributed by atoms with van der Waals surface area (Å²) in [6.07, 6.45) is 8.01. The molecule has 17 heavy (non-hydrogen) atoms. The maximum absolute atomic E-state index is 5.45. The van der Waals surface area contributed by atoms with E-state index in [1.807, 2.05) is 11.8 Å². The molecule has 1 heterocycles. The smallest absolute Gasteiger partial charge is 0.315 e. The van der Waals surface area contributed by atoms with Crippen LogP contribution in [0.4, 0.5) is 6.01 Å². The topological polar surface area (TPSA) is 77.0 Å². The molecule has 5 nitrogen and oxygen atoms in total. The van der Waals surface area contributed by atoms with Gasteiger partial charge in [-0.2, -0.15) is 11.8 Å². The van der Waals surface area contributed by atoms with Crippen LogP contribution in [0, 0.1) is 0 Å². The quantitative estimate of drug-likeness (QED) is 0.806. The molecule has 2 rings (SSSR count). The lowest BCUT2D eigenvalue weighted by molar-refractivity contribution is 0.501. The molecule has 0 saturated heterocycles. The van der Waals surface area contributed by atoms with Crippen molar-refractivity contribution in [2.45, 2.75) is 36.9 Å². The van der Waals surface area contributed by atoms with Crippen molar-refractivity contribution < 1.29 is 4.42 Å². The molecule has 1 fully saturated rings. The van der Waals surface area contributed by atoms with Crippen molar-refractivity contribution in [3.63, 3.8) is 0 Å². The van der Waals surface area contributed by atoms with Gasteiger partial charge in [-0.05, 0) is 19.1 Å². The van der Waals surface area contributed by atoms with Crippen molar-refractivity contribution >= 4 is 17.8 Å². The number of thioether (sulfide) groups is 1. The number of nitrogens with zero attached hydrogens (tertiary/aromatic N) is 2. The predicted molar refractivity (Wildman–Crippen MR) is 70.3 cm³/mol. The fourth-order valence-electron chi connectivity index (χ4n) is 2.26. The minimum absolute atomic E-state index is 0.350. The molecule has 1 aromatic rings. The average molecular weight is 256 g/mol. The van der Waals surface area contributed by atoms with Crippen LogP contribution in [0.5, 0.6) is 0 Å². The fraction of sp³-hybridized carbons (Fsp3) is 0.818. The molecular weight excluding hydrogens is 236 g/mol. The molecule has 0 aromatic carbocycles. The van der Waals surface area contributed by atoms with Crippen molar-refractivity contribution in [2.24, 2.45) is 5.73 Å². The molecule has 0 atom stereocenters. The van der Waals surface area contributed by atoms with Gasteiger partial charge in [0.15, 0.2) is 0 Å². The zero-order valence-corrected chi connectivity index (χ0v) is 11.1. The number of nitrogens with one attached hydrogen (secondary N) is 1. The van der Waals surface area contributed by atoms with Crippen molar-refractivity contribution in [1.82, 2.24) is 10.2 Å². The molecular formula is C11H20N4OS. The molecule has 1 saturated carbocycles. The number of aromatic nitrogens is 2. The van der Waals surface area contributed by atoms with Gasteiger partial charge in [-0.1, -0.05) is 17.9 Å². The SMILES string of the molecule is CSC1(CNc2nnc(CCN)o2)CCCC1. The van der Waals surface area contributed by atoms with Crippen LogP contribution in [0.2, 0.25) is 0 Å². The highest BCUT2D eigenvalue weighted by molar-refractivity contribution is 8.00. The normalized spacial score (nSPS) is 18.5.